The quantitative estimate of drug-likeness (QED) is 0.825. The number of aromatic nitrogens is 2. The lowest BCUT2D eigenvalue weighted by atomic mass is 10.0. The average molecular weight is 222 g/mol. The van der Waals surface area contributed by atoms with Gasteiger partial charge in [0.15, 0.2) is 0 Å². The average Bonchev–Trinajstić information content (AvgIpc) is 2.54. The number of aryl methyl sites for hydroxylation is 2. The van der Waals surface area contributed by atoms with Gasteiger partial charge in [-0.05, 0) is 26.2 Å². The highest BCUT2D eigenvalue weighted by atomic mass is 15.4. The fourth-order valence-electron chi connectivity index (χ4n) is 2.35. The first-order chi connectivity index (χ1) is 7.61. The van der Waals surface area contributed by atoms with Crippen LogP contribution in [0.15, 0.2) is 0 Å². The number of fused-ring (bicyclic) bond motifs is 1. The molecule has 4 heteroatoms. The fraction of sp³-hybridized carbons (Fsp3) is 0.750. The highest BCUT2D eigenvalue weighted by Crippen LogP contribution is 2.30. The maximum Gasteiger partial charge on any atom is 0.148 e. The van der Waals surface area contributed by atoms with Crippen LogP contribution in [0.1, 0.15) is 32.9 Å². The van der Waals surface area contributed by atoms with Crippen molar-refractivity contribution in [3.05, 3.63) is 5.69 Å². The van der Waals surface area contributed by atoms with E-state index in [2.05, 4.69) is 43.4 Å². The number of hydrogen-bond donors (Lipinski definition) is 2. The minimum Gasteiger partial charge on any atom is -0.378 e. The van der Waals surface area contributed by atoms with Crippen LogP contribution in [-0.4, -0.2) is 22.4 Å². The summed E-state index contributed by atoms with van der Waals surface area (Å²) in [4.78, 5) is 0. The minimum absolute atomic E-state index is 0.522. The van der Waals surface area contributed by atoms with E-state index in [1.807, 2.05) is 4.68 Å². The van der Waals surface area contributed by atoms with Crippen molar-refractivity contribution in [3.63, 3.8) is 0 Å². The molecule has 0 spiro atoms. The summed E-state index contributed by atoms with van der Waals surface area (Å²) in [6.07, 6.45) is 1.19. The summed E-state index contributed by atoms with van der Waals surface area (Å²) in [5.41, 5.74) is 2.27. The van der Waals surface area contributed by atoms with Gasteiger partial charge in [0.25, 0.3) is 0 Å². The molecule has 1 unspecified atom stereocenters. The molecule has 2 N–H and O–H groups in total. The highest BCUT2D eigenvalue weighted by molar-refractivity contribution is 5.70. The third-order valence-corrected chi connectivity index (χ3v) is 3.05. The van der Waals surface area contributed by atoms with Crippen LogP contribution in [0.4, 0.5) is 11.5 Å². The second-order valence-electron chi connectivity index (χ2n) is 4.98. The van der Waals surface area contributed by atoms with E-state index in [4.69, 9.17) is 0 Å². The molecule has 0 fully saturated rings. The monoisotopic (exact) mass is 222 g/mol. The van der Waals surface area contributed by atoms with Gasteiger partial charge in [0.05, 0.1) is 5.69 Å². The Kier molecular flexibility index (Phi) is 3.08. The Balaban J connectivity index is 2.18. The first kappa shape index (κ1) is 11.3. The van der Waals surface area contributed by atoms with E-state index >= 15 is 0 Å². The van der Waals surface area contributed by atoms with E-state index in [0.29, 0.717) is 6.04 Å². The van der Waals surface area contributed by atoms with Crippen LogP contribution in [-0.2, 0) is 6.54 Å². The molecule has 1 atom stereocenters. The Bertz CT molecular complexity index is 367. The summed E-state index contributed by atoms with van der Waals surface area (Å²) in [7, 11) is 0. The lowest BCUT2D eigenvalue weighted by molar-refractivity contribution is 0.519. The van der Waals surface area contributed by atoms with Gasteiger partial charge < -0.3 is 10.6 Å². The van der Waals surface area contributed by atoms with Crippen LogP contribution in [0.2, 0.25) is 0 Å². The zero-order chi connectivity index (χ0) is 11.7. The Hall–Kier alpha value is -1.19. The Morgan fingerprint density at radius 2 is 2.25 bits per heavy atom. The molecule has 0 aliphatic carbocycles. The number of hydrogen-bond acceptors (Lipinski definition) is 3. The fourth-order valence-corrected chi connectivity index (χ4v) is 2.35. The van der Waals surface area contributed by atoms with Gasteiger partial charge in [0.1, 0.15) is 11.5 Å². The van der Waals surface area contributed by atoms with Gasteiger partial charge in [-0.2, -0.15) is 5.10 Å². The standard InChI is InChI=1S/C12H22N4/c1-5-16-12-11(9(4)15-16)13-7-10(14-12)6-8(2)3/h8,10,13-14H,5-7H2,1-4H3. The Morgan fingerprint density at radius 1 is 1.50 bits per heavy atom. The normalized spacial score (nSPS) is 19.2. The molecular formula is C12H22N4. The zero-order valence-electron chi connectivity index (χ0n) is 10.7. The van der Waals surface area contributed by atoms with Crippen LogP contribution >= 0.6 is 0 Å². The summed E-state index contributed by atoms with van der Waals surface area (Å²) in [5.74, 6) is 1.89. The van der Waals surface area contributed by atoms with Crippen LogP contribution < -0.4 is 10.6 Å². The maximum absolute atomic E-state index is 4.52. The molecule has 1 aromatic heterocycles. The summed E-state index contributed by atoms with van der Waals surface area (Å²) in [5, 5.41) is 11.6. The van der Waals surface area contributed by atoms with E-state index in [1.165, 1.54) is 12.1 Å². The third kappa shape index (κ3) is 2.01. The molecule has 1 aliphatic heterocycles. The number of nitrogens with zero attached hydrogens (tertiary/aromatic N) is 2. The summed E-state index contributed by atoms with van der Waals surface area (Å²) < 4.78 is 2.05. The second kappa shape index (κ2) is 4.36. The first-order valence-corrected chi connectivity index (χ1v) is 6.19. The van der Waals surface area contributed by atoms with Crippen LogP contribution in [0.5, 0.6) is 0 Å². The molecule has 4 nitrogen and oxygen atoms in total. The van der Waals surface area contributed by atoms with Gasteiger partial charge in [0.2, 0.25) is 0 Å². The van der Waals surface area contributed by atoms with Crippen LogP contribution in [0.3, 0.4) is 0 Å². The van der Waals surface area contributed by atoms with E-state index in [-0.39, 0.29) is 0 Å². The number of rotatable bonds is 3. The third-order valence-electron chi connectivity index (χ3n) is 3.05. The maximum atomic E-state index is 4.52. The van der Waals surface area contributed by atoms with Gasteiger partial charge in [-0.3, -0.25) is 0 Å². The lowest BCUT2D eigenvalue weighted by Crippen LogP contribution is -2.34. The molecule has 0 bridgehead atoms. The second-order valence-corrected chi connectivity index (χ2v) is 4.98. The zero-order valence-corrected chi connectivity index (χ0v) is 10.7. The van der Waals surface area contributed by atoms with Crippen LogP contribution in [0.25, 0.3) is 0 Å². The molecule has 90 valence electrons. The van der Waals surface area contributed by atoms with Crippen molar-refractivity contribution in [1.29, 1.82) is 0 Å². The van der Waals surface area contributed by atoms with Gasteiger partial charge in [-0.25, -0.2) is 4.68 Å². The molecule has 0 saturated heterocycles. The van der Waals surface area contributed by atoms with Crippen molar-refractivity contribution in [2.24, 2.45) is 5.92 Å². The summed E-state index contributed by atoms with van der Waals surface area (Å²) in [6, 6.07) is 0.522. The van der Waals surface area contributed by atoms with Crippen molar-refractivity contribution in [2.45, 2.75) is 46.7 Å². The lowest BCUT2D eigenvalue weighted by Gasteiger charge is -2.28. The first-order valence-electron chi connectivity index (χ1n) is 6.19. The molecule has 0 amide bonds. The minimum atomic E-state index is 0.522. The van der Waals surface area contributed by atoms with Gasteiger partial charge in [0, 0.05) is 19.1 Å². The molecule has 16 heavy (non-hydrogen) atoms. The smallest absolute Gasteiger partial charge is 0.148 e. The van der Waals surface area contributed by atoms with Gasteiger partial charge in [-0.1, -0.05) is 13.8 Å². The SMILES string of the molecule is CCn1nc(C)c2c1NC(CC(C)C)CN2. The van der Waals surface area contributed by atoms with Crippen molar-refractivity contribution in [3.8, 4) is 0 Å². The molecule has 1 aliphatic rings. The molecule has 2 heterocycles. The predicted molar refractivity (Wildman–Crippen MR) is 68.0 cm³/mol. The molecule has 0 aromatic carbocycles. The molecule has 0 radical (unpaired) electrons. The Morgan fingerprint density at radius 3 is 2.88 bits per heavy atom. The van der Waals surface area contributed by atoms with Crippen LogP contribution in [0, 0.1) is 12.8 Å². The summed E-state index contributed by atoms with van der Waals surface area (Å²) in [6.45, 7) is 10.6. The van der Waals surface area contributed by atoms with Gasteiger partial charge >= 0.3 is 0 Å². The molecular weight excluding hydrogens is 200 g/mol. The predicted octanol–water partition coefficient (Wildman–Crippen LogP) is 2.46. The van der Waals surface area contributed by atoms with Crippen molar-refractivity contribution in [2.75, 3.05) is 17.2 Å². The summed E-state index contributed by atoms with van der Waals surface area (Å²) >= 11 is 0. The van der Waals surface area contributed by atoms with E-state index < -0.39 is 0 Å². The van der Waals surface area contributed by atoms with Gasteiger partial charge in [-0.15, -0.1) is 0 Å². The van der Waals surface area contributed by atoms with E-state index in [0.717, 1.165) is 30.5 Å². The molecule has 2 rings (SSSR count). The number of nitrogens with one attached hydrogen (secondary N) is 2. The number of anilines is 2. The van der Waals surface area contributed by atoms with E-state index in [9.17, 15) is 0 Å². The molecule has 0 saturated carbocycles. The van der Waals surface area contributed by atoms with E-state index in [1.54, 1.807) is 0 Å². The largest absolute Gasteiger partial charge is 0.378 e. The topological polar surface area (TPSA) is 41.9 Å². The molecule has 1 aromatic rings. The van der Waals surface area contributed by atoms with Crippen molar-refractivity contribution in [1.82, 2.24) is 9.78 Å². The highest BCUT2D eigenvalue weighted by Gasteiger charge is 2.23. The van der Waals surface area contributed by atoms with Crippen molar-refractivity contribution >= 4 is 11.5 Å². The Labute approximate surface area is 97.4 Å². The van der Waals surface area contributed by atoms with Crippen molar-refractivity contribution < 1.29 is 0 Å².